The molecule has 0 saturated carbocycles. The summed E-state index contributed by atoms with van der Waals surface area (Å²) in [4.78, 5) is 40.4. The van der Waals surface area contributed by atoms with Crippen molar-refractivity contribution in [2.75, 3.05) is 38.2 Å². The summed E-state index contributed by atoms with van der Waals surface area (Å²) in [7, 11) is 0. The van der Waals surface area contributed by atoms with Gasteiger partial charge in [-0.1, -0.05) is 6.92 Å². The van der Waals surface area contributed by atoms with Gasteiger partial charge in [0.15, 0.2) is 0 Å². The highest BCUT2D eigenvalue weighted by molar-refractivity contribution is 7.17. The van der Waals surface area contributed by atoms with Gasteiger partial charge in [0.05, 0.1) is 31.2 Å². The summed E-state index contributed by atoms with van der Waals surface area (Å²) in [5.41, 5.74) is 1.58. The molecule has 1 aliphatic heterocycles. The summed E-state index contributed by atoms with van der Waals surface area (Å²) in [5.74, 6) is -0.128. The zero-order chi connectivity index (χ0) is 21.7. The van der Waals surface area contributed by atoms with E-state index in [4.69, 9.17) is 9.47 Å². The number of hydrogen-bond donors (Lipinski definition) is 1. The van der Waals surface area contributed by atoms with Crippen LogP contribution in [-0.4, -0.2) is 55.6 Å². The van der Waals surface area contributed by atoms with Gasteiger partial charge in [0.2, 0.25) is 5.91 Å². The Balaban J connectivity index is 1.63. The molecule has 1 fully saturated rings. The molecule has 3 rings (SSSR count). The molecule has 8 heteroatoms. The molecule has 1 aromatic rings. The third-order valence-corrected chi connectivity index (χ3v) is 6.99. The van der Waals surface area contributed by atoms with Gasteiger partial charge in [0, 0.05) is 4.88 Å². The van der Waals surface area contributed by atoms with Crippen LogP contribution in [0.15, 0.2) is 0 Å². The number of fused-ring (bicyclic) bond motifs is 1. The lowest BCUT2D eigenvalue weighted by molar-refractivity contribution is -0.149. The molecule has 0 unspecified atom stereocenters. The van der Waals surface area contributed by atoms with E-state index in [0.717, 1.165) is 24.8 Å². The lowest BCUT2D eigenvalue weighted by atomic mass is 9.88. The van der Waals surface area contributed by atoms with Crippen LogP contribution in [-0.2, 0) is 31.9 Å². The second-order valence-corrected chi connectivity index (χ2v) is 9.23. The fourth-order valence-electron chi connectivity index (χ4n) is 4.21. The molecule has 1 aliphatic carbocycles. The molecule has 0 aromatic carbocycles. The topological polar surface area (TPSA) is 84.9 Å². The van der Waals surface area contributed by atoms with E-state index < -0.39 is 0 Å². The van der Waals surface area contributed by atoms with Crippen LogP contribution in [0.3, 0.4) is 0 Å². The van der Waals surface area contributed by atoms with Gasteiger partial charge in [-0.2, -0.15) is 0 Å². The van der Waals surface area contributed by atoms with E-state index in [-0.39, 0.29) is 30.3 Å². The number of anilines is 1. The highest BCUT2D eigenvalue weighted by atomic mass is 32.1. The lowest BCUT2D eigenvalue weighted by Gasteiger charge is -2.30. The van der Waals surface area contributed by atoms with Gasteiger partial charge in [-0.15, -0.1) is 11.3 Å². The fourth-order valence-corrected chi connectivity index (χ4v) is 5.63. The summed E-state index contributed by atoms with van der Waals surface area (Å²) in [5, 5.41) is 3.58. The van der Waals surface area contributed by atoms with Gasteiger partial charge in [-0.25, -0.2) is 4.79 Å². The first-order valence-electron chi connectivity index (χ1n) is 10.9. The SMILES string of the molecule is CCOC(=O)c1c(NC(=O)CN2CCC(C(=O)OCC)CC2)sc2c1CC[C@@H](C)C2. The Bertz CT molecular complexity index is 783. The van der Waals surface area contributed by atoms with Crippen molar-refractivity contribution in [3.8, 4) is 0 Å². The monoisotopic (exact) mass is 436 g/mol. The Hall–Kier alpha value is -1.93. The van der Waals surface area contributed by atoms with E-state index >= 15 is 0 Å². The van der Waals surface area contributed by atoms with Gasteiger partial charge in [-0.05, 0) is 70.5 Å². The number of carbonyl (C=O) groups is 3. The quantitative estimate of drug-likeness (QED) is 0.661. The Kier molecular flexibility index (Phi) is 7.88. The summed E-state index contributed by atoms with van der Waals surface area (Å²) in [6.07, 6.45) is 4.22. The van der Waals surface area contributed by atoms with Crippen LogP contribution in [0.5, 0.6) is 0 Å². The number of esters is 2. The molecule has 0 spiro atoms. The Labute approximate surface area is 182 Å². The number of carbonyl (C=O) groups excluding carboxylic acids is 3. The maximum atomic E-state index is 12.7. The molecule has 166 valence electrons. The third kappa shape index (κ3) is 5.40. The minimum atomic E-state index is -0.352. The van der Waals surface area contributed by atoms with Crippen LogP contribution in [0, 0.1) is 11.8 Å². The van der Waals surface area contributed by atoms with Crippen LogP contribution < -0.4 is 5.32 Å². The molecular weight excluding hydrogens is 404 g/mol. The number of likely N-dealkylation sites (tertiary alicyclic amines) is 1. The summed E-state index contributed by atoms with van der Waals surface area (Å²) >= 11 is 1.51. The molecule has 0 radical (unpaired) electrons. The third-order valence-electron chi connectivity index (χ3n) is 5.82. The number of ether oxygens (including phenoxy) is 2. The Morgan fingerprint density at radius 2 is 1.80 bits per heavy atom. The van der Waals surface area contributed by atoms with Crippen molar-refractivity contribution in [1.82, 2.24) is 4.90 Å². The molecule has 1 aromatic heterocycles. The maximum Gasteiger partial charge on any atom is 0.341 e. The average Bonchev–Trinajstić information content (AvgIpc) is 3.05. The second-order valence-electron chi connectivity index (χ2n) is 8.13. The van der Waals surface area contributed by atoms with Crippen LogP contribution in [0.2, 0.25) is 0 Å². The Morgan fingerprint density at radius 3 is 2.47 bits per heavy atom. The van der Waals surface area contributed by atoms with Gasteiger partial charge in [-0.3, -0.25) is 14.5 Å². The molecule has 1 saturated heterocycles. The van der Waals surface area contributed by atoms with Crippen molar-refractivity contribution >= 4 is 34.2 Å². The van der Waals surface area contributed by atoms with E-state index in [1.165, 1.54) is 16.2 Å². The predicted molar refractivity (Wildman–Crippen MR) is 116 cm³/mol. The zero-order valence-electron chi connectivity index (χ0n) is 18.1. The normalized spacial score (nSPS) is 19.8. The highest BCUT2D eigenvalue weighted by Crippen LogP contribution is 2.40. The van der Waals surface area contributed by atoms with Crippen molar-refractivity contribution in [1.29, 1.82) is 0 Å². The number of thiophene rings is 1. The first kappa shape index (κ1) is 22.7. The van der Waals surface area contributed by atoms with Crippen LogP contribution in [0.4, 0.5) is 5.00 Å². The standard InChI is InChI=1S/C22H32N2O5S/c1-4-28-21(26)15-8-10-24(11-9-15)13-18(25)23-20-19(22(27)29-5-2)16-7-6-14(3)12-17(16)30-20/h14-15H,4-13H2,1-3H3,(H,23,25)/t14-/m1/s1. The van der Waals surface area contributed by atoms with E-state index in [2.05, 4.69) is 12.2 Å². The van der Waals surface area contributed by atoms with E-state index in [0.29, 0.717) is 55.6 Å². The van der Waals surface area contributed by atoms with Gasteiger partial charge >= 0.3 is 11.9 Å². The van der Waals surface area contributed by atoms with Crippen LogP contribution >= 0.6 is 11.3 Å². The maximum absolute atomic E-state index is 12.7. The molecule has 1 atom stereocenters. The number of hydrogen-bond acceptors (Lipinski definition) is 7. The molecule has 1 N–H and O–H groups in total. The molecule has 2 aliphatic rings. The number of rotatable bonds is 7. The first-order valence-corrected chi connectivity index (χ1v) is 11.7. The van der Waals surface area contributed by atoms with Crippen LogP contribution in [0.1, 0.15) is 60.8 Å². The number of amides is 1. The fraction of sp³-hybridized carbons (Fsp3) is 0.682. The first-order chi connectivity index (χ1) is 14.4. The predicted octanol–water partition coefficient (Wildman–Crippen LogP) is 3.26. The van der Waals surface area contributed by atoms with Gasteiger partial charge in [0.1, 0.15) is 5.00 Å². The molecular formula is C22H32N2O5S. The minimum Gasteiger partial charge on any atom is -0.466 e. The van der Waals surface area contributed by atoms with Crippen molar-refractivity contribution in [3.63, 3.8) is 0 Å². The Morgan fingerprint density at radius 1 is 1.10 bits per heavy atom. The molecule has 7 nitrogen and oxygen atoms in total. The number of piperidine rings is 1. The number of nitrogens with one attached hydrogen (secondary N) is 1. The number of nitrogens with zero attached hydrogens (tertiary/aromatic N) is 1. The van der Waals surface area contributed by atoms with Crippen molar-refractivity contribution in [2.24, 2.45) is 11.8 Å². The van der Waals surface area contributed by atoms with Crippen LogP contribution in [0.25, 0.3) is 0 Å². The van der Waals surface area contributed by atoms with Crippen molar-refractivity contribution in [2.45, 2.75) is 52.9 Å². The van der Waals surface area contributed by atoms with E-state index in [1.807, 2.05) is 11.8 Å². The highest BCUT2D eigenvalue weighted by Gasteiger charge is 2.30. The average molecular weight is 437 g/mol. The van der Waals surface area contributed by atoms with Gasteiger partial charge < -0.3 is 14.8 Å². The summed E-state index contributed by atoms with van der Waals surface area (Å²) in [6, 6.07) is 0. The smallest absolute Gasteiger partial charge is 0.341 e. The molecule has 30 heavy (non-hydrogen) atoms. The zero-order valence-corrected chi connectivity index (χ0v) is 18.9. The summed E-state index contributed by atoms with van der Waals surface area (Å²) in [6.45, 7) is 8.13. The van der Waals surface area contributed by atoms with E-state index in [1.54, 1.807) is 6.92 Å². The van der Waals surface area contributed by atoms with Gasteiger partial charge in [0.25, 0.3) is 0 Å². The second kappa shape index (κ2) is 10.4. The van der Waals surface area contributed by atoms with E-state index in [9.17, 15) is 14.4 Å². The van der Waals surface area contributed by atoms with Crippen molar-refractivity contribution < 1.29 is 23.9 Å². The van der Waals surface area contributed by atoms with Crippen molar-refractivity contribution in [3.05, 3.63) is 16.0 Å². The molecule has 0 bridgehead atoms. The molecule has 1 amide bonds. The molecule has 2 heterocycles. The minimum absolute atomic E-state index is 0.0781. The lowest BCUT2D eigenvalue weighted by Crippen LogP contribution is -2.41. The largest absolute Gasteiger partial charge is 0.466 e. The summed E-state index contributed by atoms with van der Waals surface area (Å²) < 4.78 is 10.4.